The van der Waals surface area contributed by atoms with Gasteiger partial charge in [-0.05, 0) is 50.3 Å². The van der Waals surface area contributed by atoms with Crippen molar-refractivity contribution in [3.8, 4) is 17.5 Å². The van der Waals surface area contributed by atoms with Crippen LogP contribution in [-0.4, -0.2) is 33.0 Å². The van der Waals surface area contributed by atoms with Crippen molar-refractivity contribution in [3.63, 3.8) is 0 Å². The molecule has 1 aromatic carbocycles. The zero-order chi connectivity index (χ0) is 21.8. The second kappa shape index (κ2) is 9.54. The number of aromatic nitrogens is 3. The highest BCUT2D eigenvalue weighted by atomic mass is 32.2. The number of nitrogens with zero attached hydrogens (tertiary/aromatic N) is 4. The van der Waals surface area contributed by atoms with Crippen LogP contribution in [0.1, 0.15) is 42.2 Å². The van der Waals surface area contributed by atoms with Crippen LogP contribution in [0.2, 0.25) is 0 Å². The van der Waals surface area contributed by atoms with Crippen LogP contribution >= 0.6 is 23.1 Å². The van der Waals surface area contributed by atoms with Gasteiger partial charge in [0.05, 0.1) is 23.6 Å². The molecular formula is C22H23N5O2S2. The number of ether oxygens (including phenoxy) is 1. The highest BCUT2D eigenvalue weighted by Gasteiger charge is 2.24. The number of carbonyl (C=O) groups excluding carboxylic acids is 1. The minimum atomic E-state index is -0.415. The second-order valence-corrected chi connectivity index (χ2v) is 9.73. The summed E-state index contributed by atoms with van der Waals surface area (Å²) in [6.07, 6.45) is 6.94. The number of benzene rings is 1. The standard InChI is InChI=1S/C22H23N5O2S2/c1-14(30-22-26-24-13-27(22)15-7-6-8-16(11-15)29-2)20(28)25-21-18(12-23)17-9-4-3-5-10-19(17)31-21/h6-8,11,13-14H,3-5,9-10H2,1-2H3,(H,25,28). The normalized spacial score (nSPS) is 14.2. The molecule has 0 saturated carbocycles. The predicted molar refractivity (Wildman–Crippen MR) is 122 cm³/mol. The molecule has 0 radical (unpaired) electrons. The lowest BCUT2D eigenvalue weighted by Gasteiger charge is -2.12. The Morgan fingerprint density at radius 1 is 1.35 bits per heavy atom. The number of thioether (sulfide) groups is 1. The maximum Gasteiger partial charge on any atom is 0.238 e. The first-order valence-corrected chi connectivity index (χ1v) is 11.9. The summed E-state index contributed by atoms with van der Waals surface area (Å²) in [6, 6.07) is 9.89. The fourth-order valence-electron chi connectivity index (χ4n) is 3.62. The first kappa shape index (κ1) is 21.4. The average Bonchev–Trinajstić information content (AvgIpc) is 3.30. The van der Waals surface area contributed by atoms with Gasteiger partial charge in [0, 0.05) is 10.9 Å². The first-order valence-electron chi connectivity index (χ1n) is 10.2. The fourth-order valence-corrected chi connectivity index (χ4v) is 5.70. The molecule has 1 aliphatic rings. The zero-order valence-corrected chi connectivity index (χ0v) is 19.1. The summed E-state index contributed by atoms with van der Waals surface area (Å²) in [5.41, 5.74) is 2.61. The fraction of sp³-hybridized carbons (Fsp3) is 0.364. The Kier molecular flexibility index (Phi) is 6.59. The van der Waals surface area contributed by atoms with Gasteiger partial charge in [0.2, 0.25) is 5.91 Å². The third-order valence-electron chi connectivity index (χ3n) is 5.27. The van der Waals surface area contributed by atoms with Gasteiger partial charge in [-0.2, -0.15) is 5.26 Å². The Labute approximate surface area is 189 Å². The lowest BCUT2D eigenvalue weighted by atomic mass is 10.1. The molecule has 4 rings (SSSR count). The molecule has 1 aliphatic carbocycles. The maximum atomic E-state index is 12.9. The Bertz CT molecular complexity index is 1130. The van der Waals surface area contributed by atoms with Gasteiger partial charge in [0.15, 0.2) is 5.16 Å². The molecule has 0 aliphatic heterocycles. The SMILES string of the molecule is COc1cccc(-n2cnnc2SC(C)C(=O)Nc2sc3c(c2C#N)CCCCC3)c1. The zero-order valence-electron chi connectivity index (χ0n) is 17.4. The van der Waals surface area contributed by atoms with Crippen LogP contribution in [0.5, 0.6) is 5.75 Å². The monoisotopic (exact) mass is 453 g/mol. The highest BCUT2D eigenvalue weighted by Crippen LogP contribution is 2.37. The third kappa shape index (κ3) is 4.60. The van der Waals surface area contributed by atoms with E-state index >= 15 is 0 Å². The van der Waals surface area contributed by atoms with Gasteiger partial charge >= 0.3 is 0 Å². The molecule has 0 bridgehead atoms. The molecule has 1 unspecified atom stereocenters. The summed E-state index contributed by atoms with van der Waals surface area (Å²) in [4.78, 5) is 14.2. The molecular weight excluding hydrogens is 430 g/mol. The van der Waals surface area contributed by atoms with Crippen molar-refractivity contribution in [3.05, 3.63) is 46.6 Å². The van der Waals surface area contributed by atoms with Crippen molar-refractivity contribution in [2.45, 2.75) is 49.4 Å². The van der Waals surface area contributed by atoms with Crippen LogP contribution in [0.15, 0.2) is 35.7 Å². The van der Waals surface area contributed by atoms with Crippen molar-refractivity contribution >= 4 is 34.0 Å². The van der Waals surface area contributed by atoms with E-state index in [2.05, 4.69) is 21.6 Å². The topological polar surface area (TPSA) is 92.8 Å². The second-order valence-electron chi connectivity index (χ2n) is 7.31. The molecule has 0 saturated heterocycles. The van der Waals surface area contributed by atoms with Crippen LogP contribution in [0.4, 0.5) is 5.00 Å². The number of thiophene rings is 1. The first-order chi connectivity index (χ1) is 15.1. The van der Waals surface area contributed by atoms with Gasteiger partial charge in [-0.3, -0.25) is 9.36 Å². The van der Waals surface area contributed by atoms with E-state index in [0.717, 1.165) is 42.7 Å². The van der Waals surface area contributed by atoms with E-state index in [1.54, 1.807) is 24.8 Å². The Morgan fingerprint density at radius 2 is 2.19 bits per heavy atom. The Morgan fingerprint density at radius 3 is 3.00 bits per heavy atom. The van der Waals surface area contributed by atoms with Gasteiger partial charge in [0.1, 0.15) is 23.1 Å². The highest BCUT2D eigenvalue weighted by molar-refractivity contribution is 8.00. The number of rotatable bonds is 6. The van der Waals surface area contributed by atoms with Crippen molar-refractivity contribution in [1.82, 2.24) is 14.8 Å². The van der Waals surface area contributed by atoms with Crippen molar-refractivity contribution in [2.24, 2.45) is 0 Å². The van der Waals surface area contributed by atoms with Crippen LogP contribution < -0.4 is 10.1 Å². The van der Waals surface area contributed by atoms with Crippen LogP contribution in [0, 0.1) is 11.3 Å². The van der Waals surface area contributed by atoms with E-state index in [-0.39, 0.29) is 5.91 Å². The number of nitrogens with one attached hydrogen (secondary N) is 1. The van der Waals surface area contributed by atoms with Gasteiger partial charge in [0.25, 0.3) is 0 Å². The van der Waals surface area contributed by atoms with Crippen molar-refractivity contribution in [1.29, 1.82) is 5.26 Å². The number of methoxy groups -OCH3 is 1. The quantitative estimate of drug-likeness (QED) is 0.433. The summed E-state index contributed by atoms with van der Waals surface area (Å²) in [5.74, 6) is 0.576. The number of aryl methyl sites for hydroxylation is 1. The van der Waals surface area contributed by atoms with Gasteiger partial charge in [-0.25, -0.2) is 0 Å². The predicted octanol–water partition coefficient (Wildman–Crippen LogP) is 4.60. The average molecular weight is 454 g/mol. The van der Waals surface area contributed by atoms with Gasteiger partial charge in [-0.1, -0.05) is 24.2 Å². The molecule has 160 valence electrons. The summed E-state index contributed by atoms with van der Waals surface area (Å²) >= 11 is 2.87. The number of hydrogen-bond donors (Lipinski definition) is 1. The summed E-state index contributed by atoms with van der Waals surface area (Å²) in [6.45, 7) is 1.83. The largest absolute Gasteiger partial charge is 0.497 e. The minimum absolute atomic E-state index is 0.155. The molecule has 2 aromatic heterocycles. The Balaban J connectivity index is 1.50. The van der Waals surface area contributed by atoms with E-state index < -0.39 is 5.25 Å². The number of hydrogen-bond acceptors (Lipinski definition) is 7. The molecule has 0 fully saturated rings. The molecule has 1 N–H and O–H groups in total. The molecule has 2 heterocycles. The van der Waals surface area contributed by atoms with Crippen LogP contribution in [0.3, 0.4) is 0 Å². The minimum Gasteiger partial charge on any atom is -0.497 e. The van der Waals surface area contributed by atoms with E-state index in [1.165, 1.54) is 23.1 Å². The maximum absolute atomic E-state index is 12.9. The molecule has 7 nitrogen and oxygen atoms in total. The van der Waals surface area contributed by atoms with Crippen LogP contribution in [0.25, 0.3) is 5.69 Å². The lowest BCUT2D eigenvalue weighted by Crippen LogP contribution is -2.22. The van der Waals surface area contributed by atoms with Gasteiger partial charge in [-0.15, -0.1) is 21.5 Å². The van der Waals surface area contributed by atoms with E-state index in [4.69, 9.17) is 4.74 Å². The molecule has 31 heavy (non-hydrogen) atoms. The van der Waals surface area contributed by atoms with Gasteiger partial charge < -0.3 is 10.1 Å². The van der Waals surface area contributed by atoms with Crippen molar-refractivity contribution in [2.75, 3.05) is 12.4 Å². The number of amides is 1. The molecule has 9 heteroatoms. The summed E-state index contributed by atoms with van der Waals surface area (Å²) in [5, 5.41) is 21.7. The summed E-state index contributed by atoms with van der Waals surface area (Å²) < 4.78 is 7.12. The van der Waals surface area contributed by atoms with Crippen LogP contribution in [-0.2, 0) is 17.6 Å². The summed E-state index contributed by atoms with van der Waals surface area (Å²) in [7, 11) is 1.62. The molecule has 3 aromatic rings. The number of anilines is 1. The molecule has 0 spiro atoms. The third-order valence-corrected chi connectivity index (χ3v) is 7.53. The lowest BCUT2D eigenvalue weighted by molar-refractivity contribution is -0.115. The molecule has 1 amide bonds. The van der Waals surface area contributed by atoms with E-state index in [9.17, 15) is 10.1 Å². The number of nitriles is 1. The Hall–Kier alpha value is -2.83. The number of fused-ring (bicyclic) bond motifs is 1. The van der Waals surface area contributed by atoms with E-state index in [1.807, 2.05) is 35.8 Å². The number of carbonyl (C=O) groups is 1. The van der Waals surface area contributed by atoms with Crippen molar-refractivity contribution < 1.29 is 9.53 Å². The molecule has 1 atom stereocenters. The van der Waals surface area contributed by atoms with E-state index in [0.29, 0.717) is 15.7 Å². The smallest absolute Gasteiger partial charge is 0.238 e.